The molecule has 0 aliphatic carbocycles. The minimum atomic E-state index is -0.261. The Hall–Kier alpha value is -2.70. The standard InChI is InChI=1S/C21H22FN3O2/c1-26-21-5-3-2-4-18(21)20-13-23-10-11-25(20)14-17-12-19(24-27-17)15-6-8-16(22)9-7-15/h2-9,12,20,23H,10-11,13-14H2,1H3. The predicted molar refractivity (Wildman–Crippen MR) is 101 cm³/mol. The van der Waals surface area contributed by atoms with Crippen molar-refractivity contribution in [3.63, 3.8) is 0 Å². The van der Waals surface area contributed by atoms with Crippen LogP contribution >= 0.6 is 0 Å². The molecule has 1 unspecified atom stereocenters. The molecule has 4 rings (SSSR count). The van der Waals surface area contributed by atoms with Gasteiger partial charge in [0.05, 0.1) is 19.7 Å². The van der Waals surface area contributed by atoms with Crippen molar-refractivity contribution in [1.29, 1.82) is 0 Å². The van der Waals surface area contributed by atoms with Crippen molar-refractivity contribution in [2.45, 2.75) is 12.6 Å². The van der Waals surface area contributed by atoms with Gasteiger partial charge in [0.25, 0.3) is 0 Å². The fraction of sp³-hybridized carbons (Fsp3) is 0.286. The van der Waals surface area contributed by atoms with Crippen molar-refractivity contribution in [1.82, 2.24) is 15.4 Å². The van der Waals surface area contributed by atoms with E-state index in [1.165, 1.54) is 12.1 Å². The molecular formula is C21H22FN3O2. The molecule has 2 aromatic carbocycles. The van der Waals surface area contributed by atoms with Gasteiger partial charge in [-0.1, -0.05) is 23.4 Å². The number of hydrogen-bond acceptors (Lipinski definition) is 5. The highest BCUT2D eigenvalue weighted by molar-refractivity contribution is 5.58. The van der Waals surface area contributed by atoms with Gasteiger partial charge < -0.3 is 14.6 Å². The number of halogens is 1. The van der Waals surface area contributed by atoms with Crippen LogP contribution in [0.15, 0.2) is 59.1 Å². The molecule has 1 saturated heterocycles. The molecule has 0 amide bonds. The summed E-state index contributed by atoms with van der Waals surface area (Å²) in [6.45, 7) is 3.32. The number of hydrogen-bond donors (Lipinski definition) is 1. The Morgan fingerprint density at radius 1 is 1.22 bits per heavy atom. The summed E-state index contributed by atoms with van der Waals surface area (Å²) in [7, 11) is 1.70. The van der Waals surface area contributed by atoms with Crippen LogP contribution in [0.5, 0.6) is 5.75 Å². The van der Waals surface area contributed by atoms with Crippen LogP contribution in [0.25, 0.3) is 11.3 Å². The van der Waals surface area contributed by atoms with Crippen molar-refractivity contribution in [3.8, 4) is 17.0 Å². The molecule has 1 aliphatic heterocycles. The molecule has 5 nitrogen and oxygen atoms in total. The summed E-state index contributed by atoms with van der Waals surface area (Å²) in [4.78, 5) is 2.36. The number of methoxy groups -OCH3 is 1. The number of nitrogens with zero attached hydrogens (tertiary/aromatic N) is 2. The van der Waals surface area contributed by atoms with E-state index in [1.807, 2.05) is 24.3 Å². The quantitative estimate of drug-likeness (QED) is 0.746. The van der Waals surface area contributed by atoms with Crippen LogP contribution < -0.4 is 10.1 Å². The molecule has 0 radical (unpaired) electrons. The van der Waals surface area contributed by atoms with E-state index in [0.29, 0.717) is 12.2 Å². The molecule has 140 valence electrons. The maximum atomic E-state index is 13.1. The van der Waals surface area contributed by atoms with E-state index in [-0.39, 0.29) is 11.9 Å². The fourth-order valence-corrected chi connectivity index (χ4v) is 3.53. The molecule has 0 saturated carbocycles. The molecule has 1 aromatic heterocycles. The molecule has 27 heavy (non-hydrogen) atoms. The topological polar surface area (TPSA) is 50.5 Å². The molecule has 0 bridgehead atoms. The molecule has 3 aromatic rings. The summed E-state index contributed by atoms with van der Waals surface area (Å²) in [5.74, 6) is 1.42. The third-order valence-corrected chi connectivity index (χ3v) is 4.91. The summed E-state index contributed by atoms with van der Waals surface area (Å²) < 4.78 is 24.2. The SMILES string of the molecule is COc1ccccc1C1CNCCN1Cc1cc(-c2ccc(F)cc2)no1. The van der Waals surface area contributed by atoms with Gasteiger partial charge >= 0.3 is 0 Å². The van der Waals surface area contributed by atoms with Gasteiger partial charge in [-0.15, -0.1) is 0 Å². The second kappa shape index (κ2) is 7.90. The van der Waals surface area contributed by atoms with Gasteiger partial charge in [-0.25, -0.2) is 4.39 Å². The van der Waals surface area contributed by atoms with Crippen LogP contribution in [-0.4, -0.2) is 36.8 Å². The maximum absolute atomic E-state index is 13.1. The maximum Gasteiger partial charge on any atom is 0.151 e. The van der Waals surface area contributed by atoms with Gasteiger partial charge in [0.2, 0.25) is 0 Å². The van der Waals surface area contributed by atoms with Gasteiger partial charge in [0, 0.05) is 36.8 Å². The van der Waals surface area contributed by atoms with Crippen LogP contribution in [0.2, 0.25) is 0 Å². The third-order valence-electron chi connectivity index (χ3n) is 4.91. The minimum absolute atomic E-state index is 0.189. The zero-order valence-corrected chi connectivity index (χ0v) is 15.2. The molecule has 1 atom stereocenters. The third kappa shape index (κ3) is 3.86. The molecule has 2 heterocycles. The highest BCUT2D eigenvalue weighted by atomic mass is 19.1. The van der Waals surface area contributed by atoms with Crippen molar-refractivity contribution in [2.75, 3.05) is 26.7 Å². The van der Waals surface area contributed by atoms with Gasteiger partial charge in [0.15, 0.2) is 5.76 Å². The van der Waals surface area contributed by atoms with Gasteiger partial charge in [-0.2, -0.15) is 0 Å². The lowest BCUT2D eigenvalue weighted by atomic mass is 10.0. The number of rotatable bonds is 5. The Bertz CT molecular complexity index is 894. The highest BCUT2D eigenvalue weighted by Gasteiger charge is 2.27. The minimum Gasteiger partial charge on any atom is -0.496 e. The summed E-state index contributed by atoms with van der Waals surface area (Å²) in [5.41, 5.74) is 2.72. The Labute approximate surface area is 157 Å². The van der Waals surface area contributed by atoms with Gasteiger partial charge in [-0.3, -0.25) is 4.90 Å². The normalized spacial score (nSPS) is 17.8. The predicted octanol–water partition coefficient (Wildman–Crippen LogP) is 3.64. The average Bonchev–Trinajstić information content (AvgIpc) is 3.17. The average molecular weight is 367 g/mol. The van der Waals surface area contributed by atoms with E-state index < -0.39 is 0 Å². The van der Waals surface area contributed by atoms with Crippen LogP contribution in [0.3, 0.4) is 0 Å². The summed E-state index contributed by atoms with van der Waals surface area (Å²) in [6.07, 6.45) is 0. The van der Waals surface area contributed by atoms with E-state index in [1.54, 1.807) is 19.2 Å². The van der Waals surface area contributed by atoms with E-state index in [9.17, 15) is 4.39 Å². The van der Waals surface area contributed by atoms with E-state index in [2.05, 4.69) is 21.4 Å². The van der Waals surface area contributed by atoms with Crippen LogP contribution in [-0.2, 0) is 6.54 Å². The number of nitrogens with one attached hydrogen (secondary N) is 1. The lowest BCUT2D eigenvalue weighted by molar-refractivity contribution is 0.136. The second-order valence-electron chi connectivity index (χ2n) is 6.62. The molecule has 6 heteroatoms. The lowest BCUT2D eigenvalue weighted by Gasteiger charge is -2.36. The van der Waals surface area contributed by atoms with Crippen molar-refractivity contribution >= 4 is 0 Å². The first kappa shape index (κ1) is 17.7. The smallest absolute Gasteiger partial charge is 0.151 e. The number of benzene rings is 2. The number of para-hydroxylation sites is 1. The van der Waals surface area contributed by atoms with Crippen LogP contribution in [0, 0.1) is 5.82 Å². The Morgan fingerprint density at radius 2 is 2.04 bits per heavy atom. The molecule has 1 N–H and O–H groups in total. The zero-order valence-electron chi connectivity index (χ0n) is 15.2. The molecular weight excluding hydrogens is 345 g/mol. The first-order valence-corrected chi connectivity index (χ1v) is 9.04. The number of piperazine rings is 1. The monoisotopic (exact) mass is 367 g/mol. The first-order chi connectivity index (χ1) is 13.2. The number of ether oxygens (including phenoxy) is 1. The summed E-state index contributed by atoms with van der Waals surface area (Å²) in [6, 6.07) is 16.5. The summed E-state index contributed by atoms with van der Waals surface area (Å²) >= 11 is 0. The Kier molecular flexibility index (Phi) is 5.18. The van der Waals surface area contributed by atoms with Crippen molar-refractivity contribution < 1.29 is 13.7 Å². The van der Waals surface area contributed by atoms with Crippen molar-refractivity contribution in [2.24, 2.45) is 0 Å². The highest BCUT2D eigenvalue weighted by Crippen LogP contribution is 2.31. The molecule has 1 fully saturated rings. The molecule has 1 aliphatic rings. The van der Waals surface area contributed by atoms with Crippen LogP contribution in [0.1, 0.15) is 17.4 Å². The van der Waals surface area contributed by atoms with E-state index in [4.69, 9.17) is 9.26 Å². The lowest BCUT2D eigenvalue weighted by Crippen LogP contribution is -2.45. The second-order valence-corrected chi connectivity index (χ2v) is 6.62. The fourth-order valence-electron chi connectivity index (χ4n) is 3.53. The first-order valence-electron chi connectivity index (χ1n) is 9.04. The Morgan fingerprint density at radius 3 is 2.85 bits per heavy atom. The van der Waals surface area contributed by atoms with E-state index >= 15 is 0 Å². The summed E-state index contributed by atoms with van der Waals surface area (Å²) in [5, 5.41) is 7.61. The Balaban J connectivity index is 1.54. The molecule has 0 spiro atoms. The largest absolute Gasteiger partial charge is 0.496 e. The van der Waals surface area contributed by atoms with Gasteiger partial charge in [0.1, 0.15) is 17.3 Å². The van der Waals surface area contributed by atoms with E-state index in [0.717, 1.165) is 42.3 Å². The number of aromatic nitrogens is 1. The van der Waals surface area contributed by atoms with Crippen LogP contribution in [0.4, 0.5) is 4.39 Å². The van der Waals surface area contributed by atoms with Crippen molar-refractivity contribution in [3.05, 3.63) is 71.7 Å². The van der Waals surface area contributed by atoms with Gasteiger partial charge in [-0.05, 0) is 30.3 Å². The zero-order chi connectivity index (χ0) is 18.6.